The average molecular weight is 416 g/mol. The highest BCUT2D eigenvalue weighted by molar-refractivity contribution is 8.00. The summed E-state index contributed by atoms with van der Waals surface area (Å²) in [7, 11) is 0. The summed E-state index contributed by atoms with van der Waals surface area (Å²) in [6.07, 6.45) is -0.858. The van der Waals surface area contributed by atoms with Gasteiger partial charge in [-0.2, -0.15) is 0 Å². The number of rotatable bonds is 7. The molecule has 0 saturated heterocycles. The van der Waals surface area contributed by atoms with E-state index in [2.05, 4.69) is 20.8 Å². The summed E-state index contributed by atoms with van der Waals surface area (Å²) >= 11 is 1.39. The number of hydrazine groups is 1. The van der Waals surface area contributed by atoms with Crippen molar-refractivity contribution in [3.8, 4) is 5.75 Å². The quantitative estimate of drug-likeness (QED) is 0.515. The molecule has 2 atom stereocenters. The molecule has 1 heterocycles. The predicted molar refractivity (Wildman–Crippen MR) is 110 cm³/mol. The lowest BCUT2D eigenvalue weighted by molar-refractivity contribution is -0.131. The molecular weight excluding hydrogens is 395 g/mol. The lowest BCUT2D eigenvalue weighted by Gasteiger charge is -2.15. The molecule has 0 radical (unpaired) electrons. The number of amides is 2. The molecule has 1 aromatic heterocycles. The van der Waals surface area contributed by atoms with Crippen LogP contribution in [0.15, 0.2) is 48.5 Å². The number of hydrogen-bond donors (Lipinski definition) is 3. The van der Waals surface area contributed by atoms with Gasteiger partial charge in [0.05, 0.1) is 22.0 Å². The summed E-state index contributed by atoms with van der Waals surface area (Å²) in [4.78, 5) is 31.8. The monoisotopic (exact) mass is 416 g/mol. The van der Waals surface area contributed by atoms with Crippen LogP contribution in [0.2, 0.25) is 0 Å². The van der Waals surface area contributed by atoms with Gasteiger partial charge < -0.3 is 9.72 Å². The summed E-state index contributed by atoms with van der Waals surface area (Å²) in [6, 6.07) is 13.0. The smallest absolute Gasteiger partial charge is 0.279 e. The van der Waals surface area contributed by atoms with E-state index in [-0.39, 0.29) is 16.9 Å². The molecule has 0 fully saturated rings. The van der Waals surface area contributed by atoms with Crippen molar-refractivity contribution in [2.24, 2.45) is 0 Å². The third kappa shape index (κ3) is 5.71. The second kappa shape index (κ2) is 9.42. The number of benzene rings is 2. The lowest BCUT2D eigenvalue weighted by atomic mass is 10.3. The number of nitrogens with one attached hydrogen (secondary N) is 3. The van der Waals surface area contributed by atoms with Crippen LogP contribution in [0.4, 0.5) is 4.39 Å². The number of carbonyl (C=O) groups is 2. The van der Waals surface area contributed by atoms with Crippen molar-refractivity contribution in [1.29, 1.82) is 0 Å². The third-order valence-corrected chi connectivity index (χ3v) is 5.23. The molecule has 0 saturated carbocycles. The number of carbonyl (C=O) groups excluding carboxylic acids is 2. The van der Waals surface area contributed by atoms with Gasteiger partial charge in [-0.3, -0.25) is 20.4 Å². The van der Waals surface area contributed by atoms with E-state index in [1.807, 2.05) is 31.2 Å². The van der Waals surface area contributed by atoms with E-state index in [9.17, 15) is 14.0 Å². The van der Waals surface area contributed by atoms with Crippen LogP contribution < -0.4 is 15.6 Å². The molecule has 0 aliphatic heterocycles. The van der Waals surface area contributed by atoms with E-state index >= 15 is 0 Å². The predicted octanol–water partition coefficient (Wildman–Crippen LogP) is 3.11. The van der Waals surface area contributed by atoms with Crippen molar-refractivity contribution in [1.82, 2.24) is 20.8 Å². The molecule has 2 amide bonds. The minimum atomic E-state index is -0.858. The molecule has 152 valence electrons. The largest absolute Gasteiger partial charge is 0.481 e. The highest BCUT2D eigenvalue weighted by Gasteiger charge is 2.17. The fourth-order valence-electron chi connectivity index (χ4n) is 2.48. The number of para-hydroxylation sites is 2. The number of nitrogens with zero attached hydrogens (tertiary/aromatic N) is 1. The molecule has 3 rings (SSSR count). The standard InChI is InChI=1S/C20H21FN4O3S/c1-12(28-15-9-7-14(21)8-10-15)20(27)25-24-18(26)11-29-13(2)19-22-16-5-3-4-6-17(16)23-19/h3-10,12-13H,11H2,1-2H3,(H,22,23)(H,24,26)(H,25,27)/t12-,13+/m0/s1. The van der Waals surface area contributed by atoms with Gasteiger partial charge in [0.1, 0.15) is 17.4 Å². The number of thioether (sulfide) groups is 1. The van der Waals surface area contributed by atoms with E-state index in [4.69, 9.17) is 4.74 Å². The van der Waals surface area contributed by atoms with E-state index in [0.717, 1.165) is 16.9 Å². The first-order valence-electron chi connectivity index (χ1n) is 8.99. The Hall–Kier alpha value is -3.07. The van der Waals surface area contributed by atoms with Gasteiger partial charge in [-0.05, 0) is 50.2 Å². The van der Waals surface area contributed by atoms with E-state index < -0.39 is 17.8 Å². The van der Waals surface area contributed by atoms with Crippen LogP contribution in [0.3, 0.4) is 0 Å². The van der Waals surface area contributed by atoms with Gasteiger partial charge in [-0.15, -0.1) is 11.8 Å². The second-order valence-electron chi connectivity index (χ2n) is 6.34. The Balaban J connectivity index is 1.41. The van der Waals surface area contributed by atoms with Crippen molar-refractivity contribution in [3.05, 3.63) is 60.2 Å². The molecule has 0 unspecified atom stereocenters. The highest BCUT2D eigenvalue weighted by atomic mass is 32.2. The molecule has 3 N–H and O–H groups in total. The van der Waals surface area contributed by atoms with Crippen molar-refractivity contribution >= 4 is 34.6 Å². The van der Waals surface area contributed by atoms with Crippen LogP contribution in [0.25, 0.3) is 11.0 Å². The van der Waals surface area contributed by atoms with E-state index in [1.54, 1.807) is 0 Å². The second-order valence-corrected chi connectivity index (χ2v) is 7.67. The van der Waals surface area contributed by atoms with Crippen LogP contribution in [0.1, 0.15) is 24.9 Å². The SMILES string of the molecule is C[C@H](Oc1ccc(F)cc1)C(=O)NNC(=O)CS[C@H](C)c1nc2ccccc2[nH]1. The molecule has 0 bridgehead atoms. The maximum atomic E-state index is 12.9. The third-order valence-electron chi connectivity index (χ3n) is 4.08. The zero-order valence-electron chi connectivity index (χ0n) is 15.9. The number of aromatic amines is 1. The summed E-state index contributed by atoms with van der Waals surface area (Å²) in [6.45, 7) is 3.48. The molecule has 7 nitrogen and oxygen atoms in total. The summed E-state index contributed by atoms with van der Waals surface area (Å²) in [5.74, 6) is 0.0328. The normalized spacial score (nSPS) is 12.9. The summed E-state index contributed by atoms with van der Waals surface area (Å²) in [5, 5.41) is -0.0235. The number of hydrogen-bond acceptors (Lipinski definition) is 5. The number of aromatic nitrogens is 2. The zero-order valence-corrected chi connectivity index (χ0v) is 16.8. The van der Waals surface area contributed by atoms with Gasteiger partial charge in [0.2, 0.25) is 5.91 Å². The van der Waals surface area contributed by atoms with Gasteiger partial charge in [-0.25, -0.2) is 9.37 Å². The highest BCUT2D eigenvalue weighted by Crippen LogP contribution is 2.27. The van der Waals surface area contributed by atoms with Gasteiger partial charge in [-0.1, -0.05) is 12.1 Å². The number of fused-ring (bicyclic) bond motifs is 1. The first-order chi connectivity index (χ1) is 13.9. The molecule has 0 aliphatic carbocycles. The first-order valence-corrected chi connectivity index (χ1v) is 10.0. The van der Waals surface area contributed by atoms with Crippen LogP contribution in [0.5, 0.6) is 5.75 Å². The van der Waals surface area contributed by atoms with Crippen LogP contribution in [-0.4, -0.2) is 33.6 Å². The molecule has 9 heteroatoms. The van der Waals surface area contributed by atoms with E-state index in [1.165, 1.54) is 43.0 Å². The number of imidazole rings is 1. The fraction of sp³-hybridized carbons (Fsp3) is 0.250. The Morgan fingerprint density at radius 2 is 1.86 bits per heavy atom. The first kappa shape index (κ1) is 20.7. The van der Waals surface area contributed by atoms with Crippen molar-refractivity contribution < 1.29 is 18.7 Å². The van der Waals surface area contributed by atoms with Gasteiger partial charge in [0, 0.05) is 0 Å². The topological polar surface area (TPSA) is 96.1 Å². The minimum Gasteiger partial charge on any atom is -0.481 e. The maximum Gasteiger partial charge on any atom is 0.279 e. The summed E-state index contributed by atoms with van der Waals surface area (Å²) < 4.78 is 18.3. The average Bonchev–Trinajstić information content (AvgIpc) is 3.16. The Bertz CT molecular complexity index is 960. The maximum absolute atomic E-state index is 12.9. The molecule has 29 heavy (non-hydrogen) atoms. The van der Waals surface area contributed by atoms with Gasteiger partial charge in [0.15, 0.2) is 6.10 Å². The molecule has 2 aromatic carbocycles. The number of H-pyrrole nitrogens is 1. The molecular formula is C20H21FN4O3S. The van der Waals surface area contributed by atoms with E-state index in [0.29, 0.717) is 5.75 Å². The zero-order chi connectivity index (χ0) is 20.8. The van der Waals surface area contributed by atoms with Crippen LogP contribution in [-0.2, 0) is 9.59 Å². The summed E-state index contributed by atoms with van der Waals surface area (Å²) in [5.41, 5.74) is 6.51. The Kier molecular flexibility index (Phi) is 6.71. The number of ether oxygens (including phenoxy) is 1. The van der Waals surface area contributed by atoms with Crippen molar-refractivity contribution in [3.63, 3.8) is 0 Å². The van der Waals surface area contributed by atoms with Crippen molar-refractivity contribution in [2.45, 2.75) is 25.2 Å². The van der Waals surface area contributed by atoms with Gasteiger partial charge in [0.25, 0.3) is 5.91 Å². The Morgan fingerprint density at radius 3 is 2.59 bits per heavy atom. The number of halogens is 1. The Morgan fingerprint density at radius 1 is 1.14 bits per heavy atom. The lowest BCUT2D eigenvalue weighted by Crippen LogP contribution is -2.47. The fourth-order valence-corrected chi connectivity index (χ4v) is 3.23. The molecule has 0 spiro atoms. The van der Waals surface area contributed by atoms with Crippen molar-refractivity contribution in [2.75, 3.05) is 5.75 Å². The van der Waals surface area contributed by atoms with Crippen LogP contribution in [0, 0.1) is 5.82 Å². The molecule has 0 aliphatic rings. The minimum absolute atomic E-state index is 0.0235. The molecule has 3 aromatic rings. The van der Waals surface area contributed by atoms with Crippen LogP contribution >= 0.6 is 11.8 Å². The van der Waals surface area contributed by atoms with Gasteiger partial charge >= 0.3 is 0 Å². The Labute approximate surface area is 171 Å².